The highest BCUT2D eigenvalue weighted by molar-refractivity contribution is 5.46. The van der Waals surface area contributed by atoms with Crippen molar-refractivity contribution in [1.82, 2.24) is 5.32 Å². The minimum atomic E-state index is 0.437. The Morgan fingerprint density at radius 1 is 1.05 bits per heavy atom. The third-order valence-electron chi connectivity index (χ3n) is 4.53. The molecule has 0 radical (unpaired) electrons. The van der Waals surface area contributed by atoms with Gasteiger partial charge in [-0.05, 0) is 50.3 Å². The van der Waals surface area contributed by atoms with Crippen molar-refractivity contribution in [2.24, 2.45) is 5.92 Å². The summed E-state index contributed by atoms with van der Waals surface area (Å²) in [6.45, 7) is 4.62. The molecule has 1 fully saturated rings. The van der Waals surface area contributed by atoms with Crippen LogP contribution in [0.3, 0.4) is 0 Å². The summed E-state index contributed by atoms with van der Waals surface area (Å²) in [5.74, 6) is 0.878. The van der Waals surface area contributed by atoms with Crippen LogP contribution in [0.4, 0.5) is 5.69 Å². The fourth-order valence-corrected chi connectivity index (χ4v) is 3.15. The average Bonchev–Trinajstić information content (AvgIpc) is 2.92. The molecule has 2 rings (SSSR count). The number of rotatable bonds is 5. The first kappa shape index (κ1) is 14.4. The second-order valence-corrected chi connectivity index (χ2v) is 6.21. The van der Waals surface area contributed by atoms with Gasteiger partial charge in [-0.25, -0.2) is 0 Å². The van der Waals surface area contributed by atoms with E-state index in [-0.39, 0.29) is 0 Å². The van der Waals surface area contributed by atoms with Crippen molar-refractivity contribution in [1.29, 1.82) is 0 Å². The maximum absolute atomic E-state index is 3.77. The zero-order valence-corrected chi connectivity index (χ0v) is 12.8. The lowest BCUT2D eigenvalue weighted by Gasteiger charge is -2.25. The van der Waals surface area contributed by atoms with Gasteiger partial charge in [0.25, 0.3) is 0 Å². The summed E-state index contributed by atoms with van der Waals surface area (Å²) >= 11 is 0. The summed E-state index contributed by atoms with van der Waals surface area (Å²) < 4.78 is 0. The molecule has 1 saturated carbocycles. The molecular weight excluding hydrogens is 232 g/mol. The standard InChI is InChI=1S/C17H28N2/c1-13(15-7-5-6-8-15)18-14(2)16-9-11-17(12-10-16)19(3)4/h9-15,18H,5-8H2,1-4H3/t13-,14?/m0/s1. The van der Waals surface area contributed by atoms with Crippen LogP contribution in [0.1, 0.15) is 51.1 Å². The quantitative estimate of drug-likeness (QED) is 0.861. The number of hydrogen-bond donors (Lipinski definition) is 1. The maximum Gasteiger partial charge on any atom is 0.0361 e. The number of nitrogens with one attached hydrogen (secondary N) is 1. The van der Waals surface area contributed by atoms with Crippen molar-refractivity contribution in [3.05, 3.63) is 29.8 Å². The van der Waals surface area contributed by atoms with Gasteiger partial charge in [-0.3, -0.25) is 0 Å². The predicted octanol–water partition coefficient (Wildman–Crippen LogP) is 3.98. The van der Waals surface area contributed by atoms with Crippen molar-refractivity contribution in [2.45, 2.75) is 51.6 Å². The van der Waals surface area contributed by atoms with Crippen LogP contribution >= 0.6 is 0 Å². The van der Waals surface area contributed by atoms with Crippen molar-refractivity contribution in [2.75, 3.05) is 19.0 Å². The molecule has 0 spiro atoms. The minimum absolute atomic E-state index is 0.437. The summed E-state index contributed by atoms with van der Waals surface area (Å²) in [4.78, 5) is 2.14. The lowest BCUT2D eigenvalue weighted by molar-refractivity contribution is 0.352. The number of hydrogen-bond acceptors (Lipinski definition) is 2. The van der Waals surface area contributed by atoms with E-state index in [2.05, 4.69) is 62.4 Å². The van der Waals surface area contributed by atoms with Gasteiger partial charge in [0.2, 0.25) is 0 Å². The highest BCUT2D eigenvalue weighted by atomic mass is 15.1. The fraction of sp³-hybridized carbons (Fsp3) is 0.647. The molecule has 0 heterocycles. The van der Waals surface area contributed by atoms with Gasteiger partial charge in [0.1, 0.15) is 0 Å². The SMILES string of the molecule is CC(N[C@@H](C)C1CCCC1)c1ccc(N(C)C)cc1. The van der Waals surface area contributed by atoms with Gasteiger partial charge in [-0.15, -0.1) is 0 Å². The molecule has 2 nitrogen and oxygen atoms in total. The van der Waals surface area contributed by atoms with E-state index in [1.54, 1.807) is 0 Å². The second kappa shape index (κ2) is 6.42. The van der Waals surface area contributed by atoms with Crippen LogP contribution < -0.4 is 10.2 Å². The smallest absolute Gasteiger partial charge is 0.0361 e. The largest absolute Gasteiger partial charge is 0.378 e. The Bertz CT molecular complexity index is 377. The molecule has 1 N–H and O–H groups in total. The molecule has 19 heavy (non-hydrogen) atoms. The van der Waals surface area contributed by atoms with Gasteiger partial charge in [-0.1, -0.05) is 25.0 Å². The van der Waals surface area contributed by atoms with E-state index < -0.39 is 0 Å². The van der Waals surface area contributed by atoms with Crippen LogP contribution in [0.5, 0.6) is 0 Å². The molecule has 0 aromatic heterocycles. The van der Waals surface area contributed by atoms with Crippen molar-refractivity contribution in [3.63, 3.8) is 0 Å². The van der Waals surface area contributed by atoms with Gasteiger partial charge in [0, 0.05) is 31.9 Å². The molecule has 0 saturated heterocycles. The van der Waals surface area contributed by atoms with E-state index in [0.717, 1.165) is 5.92 Å². The van der Waals surface area contributed by atoms with E-state index in [1.165, 1.54) is 36.9 Å². The van der Waals surface area contributed by atoms with Crippen LogP contribution in [0.2, 0.25) is 0 Å². The Morgan fingerprint density at radius 3 is 2.16 bits per heavy atom. The van der Waals surface area contributed by atoms with E-state index in [1.807, 2.05) is 0 Å². The van der Waals surface area contributed by atoms with Crippen LogP contribution in [0.15, 0.2) is 24.3 Å². The summed E-state index contributed by atoms with van der Waals surface area (Å²) in [5, 5.41) is 3.77. The molecule has 1 unspecified atom stereocenters. The molecule has 1 aromatic carbocycles. The normalized spacial score (nSPS) is 19.4. The molecule has 1 aliphatic carbocycles. The molecule has 0 amide bonds. The molecule has 0 aliphatic heterocycles. The molecule has 2 heteroatoms. The third kappa shape index (κ3) is 3.73. The van der Waals surface area contributed by atoms with Gasteiger partial charge in [-0.2, -0.15) is 0 Å². The zero-order chi connectivity index (χ0) is 13.8. The molecular formula is C17H28N2. The number of anilines is 1. The highest BCUT2D eigenvalue weighted by Gasteiger charge is 2.22. The van der Waals surface area contributed by atoms with E-state index in [9.17, 15) is 0 Å². The molecule has 2 atom stereocenters. The third-order valence-corrected chi connectivity index (χ3v) is 4.53. The van der Waals surface area contributed by atoms with Gasteiger partial charge in [0.05, 0.1) is 0 Å². The molecule has 0 bridgehead atoms. The summed E-state index contributed by atoms with van der Waals surface area (Å²) in [6.07, 6.45) is 5.64. The first-order chi connectivity index (χ1) is 9.08. The Balaban J connectivity index is 1.93. The molecule has 1 aromatic rings. The monoisotopic (exact) mass is 260 g/mol. The van der Waals surface area contributed by atoms with Gasteiger partial charge < -0.3 is 10.2 Å². The molecule has 106 valence electrons. The Kier molecular flexibility index (Phi) is 4.87. The predicted molar refractivity (Wildman–Crippen MR) is 83.7 cm³/mol. The number of nitrogens with zero attached hydrogens (tertiary/aromatic N) is 1. The Hall–Kier alpha value is -1.02. The topological polar surface area (TPSA) is 15.3 Å². The average molecular weight is 260 g/mol. The zero-order valence-electron chi connectivity index (χ0n) is 12.8. The Morgan fingerprint density at radius 2 is 1.63 bits per heavy atom. The van der Waals surface area contributed by atoms with Gasteiger partial charge in [0.15, 0.2) is 0 Å². The van der Waals surface area contributed by atoms with Crippen molar-refractivity contribution < 1.29 is 0 Å². The van der Waals surface area contributed by atoms with Gasteiger partial charge >= 0.3 is 0 Å². The minimum Gasteiger partial charge on any atom is -0.378 e. The lowest BCUT2D eigenvalue weighted by atomic mass is 9.98. The van der Waals surface area contributed by atoms with Crippen molar-refractivity contribution >= 4 is 5.69 Å². The maximum atomic E-state index is 3.77. The lowest BCUT2D eigenvalue weighted by Crippen LogP contribution is -2.34. The van der Waals surface area contributed by atoms with Crippen molar-refractivity contribution in [3.8, 4) is 0 Å². The van der Waals surface area contributed by atoms with E-state index >= 15 is 0 Å². The first-order valence-electron chi connectivity index (χ1n) is 7.61. The summed E-state index contributed by atoms with van der Waals surface area (Å²) in [5.41, 5.74) is 2.65. The van der Waals surface area contributed by atoms with Crippen LogP contribution in [0, 0.1) is 5.92 Å². The van der Waals surface area contributed by atoms with E-state index in [0.29, 0.717) is 12.1 Å². The summed E-state index contributed by atoms with van der Waals surface area (Å²) in [7, 11) is 4.16. The van der Waals surface area contributed by atoms with Crippen LogP contribution in [-0.4, -0.2) is 20.1 Å². The fourth-order valence-electron chi connectivity index (χ4n) is 3.15. The Labute approximate surface area is 118 Å². The first-order valence-corrected chi connectivity index (χ1v) is 7.61. The number of benzene rings is 1. The van der Waals surface area contributed by atoms with E-state index in [4.69, 9.17) is 0 Å². The highest BCUT2D eigenvalue weighted by Crippen LogP contribution is 2.29. The molecule has 1 aliphatic rings. The van der Waals surface area contributed by atoms with Crippen LogP contribution in [0.25, 0.3) is 0 Å². The summed E-state index contributed by atoms with van der Waals surface area (Å²) in [6, 6.07) is 9.96. The van der Waals surface area contributed by atoms with Crippen LogP contribution in [-0.2, 0) is 0 Å². The second-order valence-electron chi connectivity index (χ2n) is 6.21.